The maximum atomic E-state index is 5.89. The molecule has 1 fully saturated rings. The lowest BCUT2D eigenvalue weighted by molar-refractivity contribution is -0.0425. The summed E-state index contributed by atoms with van der Waals surface area (Å²) in [5.74, 6) is 1.58. The van der Waals surface area contributed by atoms with Crippen molar-refractivity contribution in [3.63, 3.8) is 0 Å². The molecule has 3 aromatic heterocycles. The fourth-order valence-corrected chi connectivity index (χ4v) is 3.10. The molecular formula is C17H21N5O3. The van der Waals surface area contributed by atoms with Gasteiger partial charge in [0.25, 0.3) is 5.89 Å². The Morgan fingerprint density at radius 1 is 1.28 bits per heavy atom. The van der Waals surface area contributed by atoms with Crippen LogP contribution in [0.3, 0.4) is 0 Å². The minimum absolute atomic E-state index is 0.0965. The minimum atomic E-state index is 0.0965. The smallest absolute Gasteiger partial charge is 0.283 e. The molecule has 0 aromatic carbocycles. The van der Waals surface area contributed by atoms with Gasteiger partial charge < -0.3 is 13.6 Å². The summed E-state index contributed by atoms with van der Waals surface area (Å²) in [4.78, 5) is 2.26. The molecule has 8 nitrogen and oxygen atoms in total. The molecule has 0 bridgehead atoms. The van der Waals surface area contributed by atoms with Crippen molar-refractivity contribution in [3.05, 3.63) is 41.7 Å². The second-order valence-electron chi connectivity index (χ2n) is 6.32. The molecule has 0 radical (unpaired) electrons. The monoisotopic (exact) mass is 343 g/mol. The number of morpholine rings is 1. The molecule has 0 amide bonds. The van der Waals surface area contributed by atoms with Crippen LogP contribution in [0.25, 0.3) is 11.7 Å². The van der Waals surface area contributed by atoms with E-state index < -0.39 is 0 Å². The zero-order chi connectivity index (χ0) is 17.2. The molecule has 4 heterocycles. The zero-order valence-corrected chi connectivity index (χ0v) is 14.4. The molecule has 8 heteroatoms. The highest BCUT2D eigenvalue weighted by molar-refractivity contribution is 5.42. The second kappa shape index (κ2) is 6.81. The van der Waals surface area contributed by atoms with Crippen molar-refractivity contribution in [1.29, 1.82) is 0 Å². The average molecular weight is 343 g/mol. The lowest BCUT2D eigenvalue weighted by atomic mass is 10.2. The third-order valence-corrected chi connectivity index (χ3v) is 4.26. The quantitative estimate of drug-likeness (QED) is 0.701. The molecule has 132 valence electrons. The van der Waals surface area contributed by atoms with Crippen molar-refractivity contribution < 1.29 is 13.6 Å². The van der Waals surface area contributed by atoms with Crippen LogP contribution >= 0.6 is 0 Å². The normalized spacial score (nSPS) is 18.7. The van der Waals surface area contributed by atoms with Crippen LogP contribution < -0.4 is 0 Å². The van der Waals surface area contributed by atoms with Crippen molar-refractivity contribution in [2.24, 2.45) is 0 Å². The van der Waals surface area contributed by atoms with Crippen LogP contribution in [-0.2, 0) is 17.8 Å². The summed E-state index contributed by atoms with van der Waals surface area (Å²) in [5.41, 5.74) is 2.18. The van der Waals surface area contributed by atoms with E-state index in [1.165, 1.54) is 0 Å². The Bertz CT molecular complexity index is 823. The van der Waals surface area contributed by atoms with Crippen molar-refractivity contribution in [3.8, 4) is 11.7 Å². The van der Waals surface area contributed by atoms with E-state index in [4.69, 9.17) is 13.6 Å². The molecule has 4 rings (SSSR count). The van der Waals surface area contributed by atoms with Crippen LogP contribution in [0.4, 0.5) is 0 Å². The molecular weight excluding hydrogens is 322 g/mol. The number of aromatic nitrogens is 4. The molecule has 1 atom stereocenters. The first kappa shape index (κ1) is 16.0. The van der Waals surface area contributed by atoms with E-state index in [2.05, 4.69) is 33.2 Å². The number of hydrogen-bond donors (Lipinski definition) is 0. The molecule has 3 aromatic rings. The maximum Gasteiger partial charge on any atom is 0.283 e. The van der Waals surface area contributed by atoms with E-state index in [1.807, 2.05) is 11.6 Å². The van der Waals surface area contributed by atoms with Crippen LogP contribution in [0.15, 0.2) is 33.3 Å². The molecule has 1 saturated heterocycles. The molecule has 0 saturated carbocycles. The van der Waals surface area contributed by atoms with Gasteiger partial charge in [-0.3, -0.25) is 9.58 Å². The van der Waals surface area contributed by atoms with E-state index in [0.29, 0.717) is 30.7 Å². The van der Waals surface area contributed by atoms with E-state index in [0.717, 1.165) is 31.0 Å². The van der Waals surface area contributed by atoms with Crippen LogP contribution in [0.5, 0.6) is 0 Å². The Kier molecular flexibility index (Phi) is 4.37. The first-order valence-electron chi connectivity index (χ1n) is 8.38. The third-order valence-electron chi connectivity index (χ3n) is 4.26. The van der Waals surface area contributed by atoms with Crippen LogP contribution in [0.2, 0.25) is 0 Å². The topological polar surface area (TPSA) is 82.4 Å². The van der Waals surface area contributed by atoms with Gasteiger partial charge in [0, 0.05) is 18.8 Å². The van der Waals surface area contributed by atoms with Crippen LogP contribution in [0, 0.1) is 13.8 Å². The van der Waals surface area contributed by atoms with Crippen molar-refractivity contribution in [2.75, 3.05) is 19.7 Å². The first-order valence-corrected chi connectivity index (χ1v) is 8.38. The highest BCUT2D eigenvalue weighted by Gasteiger charge is 2.23. The summed E-state index contributed by atoms with van der Waals surface area (Å²) in [6, 6.07) is 5.68. The molecule has 1 unspecified atom stereocenters. The van der Waals surface area contributed by atoms with Gasteiger partial charge in [0.1, 0.15) is 0 Å². The molecule has 0 N–H and O–H groups in total. The number of rotatable bonds is 5. The number of aryl methyl sites for hydroxylation is 2. The number of hydrogen-bond acceptors (Lipinski definition) is 7. The van der Waals surface area contributed by atoms with Gasteiger partial charge in [-0.05, 0) is 32.0 Å². The van der Waals surface area contributed by atoms with E-state index in [-0.39, 0.29) is 6.10 Å². The van der Waals surface area contributed by atoms with Gasteiger partial charge in [-0.15, -0.1) is 10.2 Å². The Balaban J connectivity index is 1.37. The van der Waals surface area contributed by atoms with Gasteiger partial charge in [0.2, 0.25) is 5.89 Å². The third kappa shape index (κ3) is 3.64. The predicted molar refractivity (Wildman–Crippen MR) is 88.7 cm³/mol. The summed E-state index contributed by atoms with van der Waals surface area (Å²) >= 11 is 0. The summed E-state index contributed by atoms with van der Waals surface area (Å²) in [6.07, 6.45) is 1.68. The summed E-state index contributed by atoms with van der Waals surface area (Å²) in [5, 5.41) is 12.7. The number of ether oxygens (including phenoxy) is 1. The largest absolute Gasteiger partial charge is 0.459 e. The van der Waals surface area contributed by atoms with Gasteiger partial charge in [0.15, 0.2) is 5.76 Å². The van der Waals surface area contributed by atoms with E-state index in [1.54, 1.807) is 18.4 Å². The fraction of sp³-hybridized carbons (Fsp3) is 0.471. The highest BCUT2D eigenvalue weighted by atomic mass is 16.5. The average Bonchev–Trinajstić information content (AvgIpc) is 3.30. The Labute approximate surface area is 145 Å². The van der Waals surface area contributed by atoms with Crippen molar-refractivity contribution >= 4 is 0 Å². The second-order valence-corrected chi connectivity index (χ2v) is 6.32. The molecule has 0 spiro atoms. The van der Waals surface area contributed by atoms with Gasteiger partial charge in [0.05, 0.1) is 37.8 Å². The lowest BCUT2D eigenvalue weighted by Gasteiger charge is -2.32. The Morgan fingerprint density at radius 3 is 2.96 bits per heavy atom. The SMILES string of the molecule is Cc1cc(C)n(CC2CN(Cc3nnc(-c4ccco4)o3)CCO2)n1. The summed E-state index contributed by atoms with van der Waals surface area (Å²) in [6.45, 7) is 7.74. The minimum Gasteiger partial charge on any atom is -0.459 e. The molecule has 25 heavy (non-hydrogen) atoms. The Morgan fingerprint density at radius 2 is 2.20 bits per heavy atom. The molecule has 1 aliphatic rings. The van der Waals surface area contributed by atoms with Crippen molar-refractivity contribution in [2.45, 2.75) is 33.0 Å². The summed E-state index contributed by atoms with van der Waals surface area (Å²) < 4.78 is 18.9. The molecule has 1 aliphatic heterocycles. The van der Waals surface area contributed by atoms with E-state index >= 15 is 0 Å². The van der Waals surface area contributed by atoms with Crippen LogP contribution in [-0.4, -0.2) is 50.7 Å². The zero-order valence-electron chi connectivity index (χ0n) is 14.4. The highest BCUT2D eigenvalue weighted by Crippen LogP contribution is 2.19. The Hall–Kier alpha value is -2.45. The summed E-state index contributed by atoms with van der Waals surface area (Å²) in [7, 11) is 0. The predicted octanol–water partition coefficient (Wildman–Crippen LogP) is 2.04. The number of nitrogens with zero attached hydrogens (tertiary/aromatic N) is 5. The molecule has 0 aliphatic carbocycles. The standard InChI is InChI=1S/C17H21N5O3/c1-12-8-13(2)22(20-12)10-14-9-21(5-7-23-14)11-16-18-19-17(25-16)15-4-3-6-24-15/h3-4,6,8,14H,5,7,9-11H2,1-2H3. The van der Waals surface area contributed by atoms with Gasteiger partial charge in [-0.1, -0.05) is 0 Å². The van der Waals surface area contributed by atoms with Gasteiger partial charge in [-0.2, -0.15) is 5.10 Å². The number of furan rings is 1. The maximum absolute atomic E-state index is 5.89. The first-order chi connectivity index (χ1) is 12.2. The van der Waals surface area contributed by atoms with Crippen LogP contribution in [0.1, 0.15) is 17.3 Å². The van der Waals surface area contributed by atoms with Crippen molar-refractivity contribution in [1.82, 2.24) is 24.9 Å². The van der Waals surface area contributed by atoms with Gasteiger partial charge in [-0.25, -0.2) is 0 Å². The fourth-order valence-electron chi connectivity index (χ4n) is 3.10. The van der Waals surface area contributed by atoms with E-state index in [9.17, 15) is 0 Å². The van der Waals surface area contributed by atoms with Gasteiger partial charge >= 0.3 is 0 Å². The lowest BCUT2D eigenvalue weighted by Crippen LogP contribution is -2.44.